The summed E-state index contributed by atoms with van der Waals surface area (Å²) in [6.45, 7) is 7.20. The standard InChI is InChI=1S/C12H19IN2O/c1-4-15(8-12(2,3)16)11-6-5-9(14)7-10(11)13/h5-7,16H,4,8,14H2,1-3H3. The van der Waals surface area contributed by atoms with Gasteiger partial charge in [0.2, 0.25) is 0 Å². The van der Waals surface area contributed by atoms with Crippen LogP contribution in [-0.4, -0.2) is 23.8 Å². The molecule has 1 aromatic rings. The van der Waals surface area contributed by atoms with E-state index >= 15 is 0 Å². The van der Waals surface area contributed by atoms with Gasteiger partial charge in [0.25, 0.3) is 0 Å². The maximum Gasteiger partial charge on any atom is 0.0765 e. The third-order valence-electron chi connectivity index (χ3n) is 2.27. The highest BCUT2D eigenvalue weighted by atomic mass is 127. The van der Waals surface area contributed by atoms with Gasteiger partial charge < -0.3 is 15.7 Å². The lowest BCUT2D eigenvalue weighted by Gasteiger charge is -2.30. The van der Waals surface area contributed by atoms with Gasteiger partial charge in [-0.15, -0.1) is 0 Å². The fourth-order valence-corrected chi connectivity index (χ4v) is 2.49. The Kier molecular flexibility index (Phi) is 4.43. The number of rotatable bonds is 4. The van der Waals surface area contributed by atoms with E-state index in [9.17, 15) is 5.11 Å². The number of likely N-dealkylation sites (N-methyl/N-ethyl adjacent to an activating group) is 1. The summed E-state index contributed by atoms with van der Waals surface area (Å²) >= 11 is 2.27. The van der Waals surface area contributed by atoms with Gasteiger partial charge in [0.05, 0.1) is 11.3 Å². The molecular formula is C12H19IN2O. The third-order valence-corrected chi connectivity index (χ3v) is 3.14. The molecule has 90 valence electrons. The number of nitrogens with two attached hydrogens (primary N) is 1. The Morgan fingerprint density at radius 3 is 2.50 bits per heavy atom. The second-order valence-electron chi connectivity index (χ2n) is 4.54. The van der Waals surface area contributed by atoms with E-state index in [1.807, 2.05) is 32.0 Å². The SMILES string of the molecule is CCN(CC(C)(C)O)c1ccc(N)cc1I. The van der Waals surface area contributed by atoms with Crippen LogP contribution in [0.15, 0.2) is 18.2 Å². The fourth-order valence-electron chi connectivity index (χ4n) is 1.61. The van der Waals surface area contributed by atoms with Gasteiger partial charge >= 0.3 is 0 Å². The molecule has 3 nitrogen and oxygen atoms in total. The van der Waals surface area contributed by atoms with Crippen LogP contribution < -0.4 is 10.6 Å². The zero-order valence-corrected chi connectivity index (χ0v) is 12.2. The van der Waals surface area contributed by atoms with Crippen molar-refractivity contribution in [2.45, 2.75) is 26.4 Å². The first-order valence-electron chi connectivity index (χ1n) is 5.36. The molecule has 1 rings (SSSR count). The molecule has 16 heavy (non-hydrogen) atoms. The molecule has 4 heteroatoms. The molecule has 0 heterocycles. The highest BCUT2D eigenvalue weighted by Crippen LogP contribution is 2.25. The molecule has 0 aromatic heterocycles. The van der Waals surface area contributed by atoms with Crippen molar-refractivity contribution in [3.63, 3.8) is 0 Å². The monoisotopic (exact) mass is 334 g/mol. The van der Waals surface area contributed by atoms with Gasteiger partial charge in [-0.2, -0.15) is 0 Å². The zero-order chi connectivity index (χ0) is 12.3. The number of hydrogen-bond donors (Lipinski definition) is 2. The summed E-state index contributed by atoms with van der Waals surface area (Å²) in [7, 11) is 0. The van der Waals surface area contributed by atoms with Crippen molar-refractivity contribution in [3.05, 3.63) is 21.8 Å². The Labute approximate surface area is 111 Å². The first-order chi connectivity index (χ1) is 7.33. The summed E-state index contributed by atoms with van der Waals surface area (Å²) in [6, 6.07) is 5.85. The Hall–Kier alpha value is -0.490. The molecule has 0 saturated heterocycles. The highest BCUT2D eigenvalue weighted by Gasteiger charge is 2.18. The molecular weight excluding hydrogens is 315 g/mol. The summed E-state index contributed by atoms with van der Waals surface area (Å²) in [5.74, 6) is 0. The predicted octanol–water partition coefficient (Wildman–Crippen LogP) is 2.47. The minimum Gasteiger partial charge on any atom is -0.399 e. The molecule has 3 N–H and O–H groups in total. The van der Waals surface area contributed by atoms with Crippen LogP contribution in [0.5, 0.6) is 0 Å². The minimum atomic E-state index is -0.694. The number of aliphatic hydroxyl groups is 1. The molecule has 0 amide bonds. The highest BCUT2D eigenvalue weighted by molar-refractivity contribution is 14.1. The topological polar surface area (TPSA) is 49.5 Å². The van der Waals surface area contributed by atoms with Gasteiger partial charge in [-0.25, -0.2) is 0 Å². The van der Waals surface area contributed by atoms with Crippen LogP contribution in [0.25, 0.3) is 0 Å². The van der Waals surface area contributed by atoms with E-state index < -0.39 is 5.60 Å². The van der Waals surface area contributed by atoms with Crippen molar-refractivity contribution in [2.75, 3.05) is 23.7 Å². The largest absolute Gasteiger partial charge is 0.399 e. The molecule has 0 fully saturated rings. The Morgan fingerprint density at radius 1 is 1.44 bits per heavy atom. The number of nitrogen functional groups attached to an aromatic ring is 1. The van der Waals surface area contributed by atoms with Gasteiger partial charge in [-0.3, -0.25) is 0 Å². The van der Waals surface area contributed by atoms with Crippen LogP contribution in [0.3, 0.4) is 0 Å². The molecule has 0 aliphatic rings. The van der Waals surface area contributed by atoms with Crippen LogP contribution >= 0.6 is 22.6 Å². The van der Waals surface area contributed by atoms with Gasteiger partial charge in [0, 0.05) is 22.3 Å². The van der Waals surface area contributed by atoms with Crippen molar-refractivity contribution in [2.24, 2.45) is 0 Å². The first-order valence-corrected chi connectivity index (χ1v) is 6.43. The summed E-state index contributed by atoms with van der Waals surface area (Å²) in [5.41, 5.74) is 6.92. The second kappa shape index (κ2) is 5.23. The maximum atomic E-state index is 9.86. The molecule has 0 saturated carbocycles. The fraction of sp³-hybridized carbons (Fsp3) is 0.500. The molecule has 0 spiro atoms. The summed E-state index contributed by atoms with van der Waals surface area (Å²) in [5, 5.41) is 9.86. The minimum absolute atomic E-state index is 0.615. The molecule has 0 radical (unpaired) electrons. The van der Waals surface area contributed by atoms with E-state index in [4.69, 9.17) is 5.73 Å². The van der Waals surface area contributed by atoms with E-state index in [0.29, 0.717) is 6.54 Å². The van der Waals surface area contributed by atoms with Gasteiger partial charge in [0.15, 0.2) is 0 Å². The number of hydrogen-bond acceptors (Lipinski definition) is 3. The van der Waals surface area contributed by atoms with Gasteiger partial charge in [-0.1, -0.05) is 0 Å². The van der Waals surface area contributed by atoms with Crippen LogP contribution in [-0.2, 0) is 0 Å². The molecule has 0 aliphatic carbocycles. The molecule has 0 unspecified atom stereocenters. The lowest BCUT2D eigenvalue weighted by Crippen LogP contribution is -2.39. The average molecular weight is 334 g/mol. The van der Waals surface area contributed by atoms with Gasteiger partial charge in [0.1, 0.15) is 0 Å². The van der Waals surface area contributed by atoms with Crippen LogP contribution in [0.1, 0.15) is 20.8 Å². The maximum absolute atomic E-state index is 9.86. The Bertz CT molecular complexity index is 361. The number of anilines is 2. The van der Waals surface area contributed by atoms with E-state index in [-0.39, 0.29) is 0 Å². The van der Waals surface area contributed by atoms with E-state index in [2.05, 4.69) is 34.4 Å². The van der Waals surface area contributed by atoms with Crippen molar-refractivity contribution in [1.29, 1.82) is 0 Å². The predicted molar refractivity (Wildman–Crippen MR) is 77.8 cm³/mol. The summed E-state index contributed by atoms with van der Waals surface area (Å²) in [4.78, 5) is 2.15. The second-order valence-corrected chi connectivity index (χ2v) is 5.70. The van der Waals surface area contributed by atoms with Crippen LogP contribution in [0, 0.1) is 3.57 Å². The smallest absolute Gasteiger partial charge is 0.0765 e. The molecule has 0 atom stereocenters. The van der Waals surface area contributed by atoms with Crippen molar-refractivity contribution in [1.82, 2.24) is 0 Å². The quantitative estimate of drug-likeness (QED) is 0.657. The third kappa shape index (κ3) is 3.83. The summed E-state index contributed by atoms with van der Waals surface area (Å²) < 4.78 is 1.11. The van der Waals surface area contributed by atoms with E-state index in [0.717, 1.165) is 21.5 Å². The average Bonchev–Trinajstić information content (AvgIpc) is 2.13. The van der Waals surface area contributed by atoms with Crippen molar-refractivity contribution < 1.29 is 5.11 Å². The van der Waals surface area contributed by atoms with Gasteiger partial charge in [-0.05, 0) is 61.6 Å². The van der Waals surface area contributed by atoms with Crippen LogP contribution in [0.4, 0.5) is 11.4 Å². The number of benzene rings is 1. The lowest BCUT2D eigenvalue weighted by molar-refractivity contribution is 0.0875. The van der Waals surface area contributed by atoms with E-state index in [1.165, 1.54) is 0 Å². The normalized spacial score (nSPS) is 11.6. The zero-order valence-electron chi connectivity index (χ0n) is 10.00. The lowest BCUT2D eigenvalue weighted by atomic mass is 10.1. The van der Waals surface area contributed by atoms with Crippen molar-refractivity contribution in [3.8, 4) is 0 Å². The summed E-state index contributed by atoms with van der Waals surface area (Å²) in [6.07, 6.45) is 0. The molecule has 1 aromatic carbocycles. The Morgan fingerprint density at radius 2 is 2.06 bits per heavy atom. The Balaban J connectivity index is 2.95. The van der Waals surface area contributed by atoms with E-state index in [1.54, 1.807) is 0 Å². The number of halogens is 1. The molecule has 0 aliphatic heterocycles. The van der Waals surface area contributed by atoms with Crippen molar-refractivity contribution >= 4 is 34.0 Å². The number of nitrogens with zero attached hydrogens (tertiary/aromatic N) is 1. The molecule has 0 bridgehead atoms. The van der Waals surface area contributed by atoms with Crippen LogP contribution in [0.2, 0.25) is 0 Å². The first kappa shape index (κ1) is 13.6.